The van der Waals surface area contributed by atoms with E-state index in [9.17, 15) is 18.0 Å². The van der Waals surface area contributed by atoms with Gasteiger partial charge in [-0.15, -0.1) is 0 Å². The number of rotatable bonds is 4. The third-order valence-corrected chi connectivity index (χ3v) is 8.70. The second kappa shape index (κ2) is 5.27. The van der Waals surface area contributed by atoms with Crippen LogP contribution in [-0.4, -0.2) is 23.0 Å². The molecule has 0 amide bonds. The standard InChI is InChI=1S/C4H9O2.C2HF3O2.Hg/c1-4(2,3)6-5;3-2(4,5)1(6)7;/h5H,1H2,2-3H3;(H,6,7);/q;;+1/p-1. The molecule has 14 heavy (non-hydrogen) atoms. The average molecular weight is 403 g/mol. The molecule has 0 saturated carbocycles. The molecule has 0 aliphatic rings. The van der Waals surface area contributed by atoms with E-state index in [0.717, 1.165) is 0 Å². The molecule has 4 nitrogen and oxygen atoms in total. The van der Waals surface area contributed by atoms with Gasteiger partial charge in [0.15, 0.2) is 0 Å². The normalized spacial score (nSPS) is 12.1. The summed E-state index contributed by atoms with van der Waals surface area (Å²) in [6, 6.07) is 0. The fourth-order valence-electron chi connectivity index (χ4n) is 0.517. The quantitative estimate of drug-likeness (QED) is 0.442. The maximum absolute atomic E-state index is 11.6. The molecular formula is C6H9F3HgO4. The Kier molecular flexibility index (Phi) is 5.31. The first-order valence-electron chi connectivity index (χ1n) is 3.75. The van der Waals surface area contributed by atoms with Gasteiger partial charge in [0.1, 0.15) is 0 Å². The van der Waals surface area contributed by atoms with E-state index >= 15 is 0 Å². The van der Waals surface area contributed by atoms with Crippen LogP contribution in [0.2, 0.25) is 3.93 Å². The van der Waals surface area contributed by atoms with Gasteiger partial charge in [0.05, 0.1) is 0 Å². The second-order valence-corrected chi connectivity index (χ2v) is 7.89. The number of carbonyl (C=O) groups excluding carboxylic acids is 1. The third-order valence-electron chi connectivity index (χ3n) is 1.42. The van der Waals surface area contributed by atoms with Crippen LogP contribution in [0.5, 0.6) is 0 Å². The minimum absolute atomic E-state index is 0.186. The average Bonchev–Trinajstić information content (AvgIpc) is 2.02. The summed E-state index contributed by atoms with van der Waals surface area (Å²) in [5, 5.41) is 8.29. The van der Waals surface area contributed by atoms with Crippen molar-refractivity contribution in [2.75, 3.05) is 0 Å². The third kappa shape index (κ3) is 5.76. The first kappa shape index (κ1) is 14.1. The van der Waals surface area contributed by atoms with Crippen molar-refractivity contribution in [2.24, 2.45) is 0 Å². The first-order valence-corrected chi connectivity index (χ1v) is 9.89. The van der Waals surface area contributed by atoms with E-state index in [2.05, 4.69) is 7.53 Å². The van der Waals surface area contributed by atoms with Crippen molar-refractivity contribution in [3.63, 3.8) is 0 Å². The number of alkyl halides is 3. The summed E-state index contributed by atoms with van der Waals surface area (Å²) in [5.41, 5.74) is -0.937. The zero-order chi connectivity index (χ0) is 11.4. The van der Waals surface area contributed by atoms with Crippen molar-refractivity contribution < 1.29 is 55.8 Å². The monoisotopic (exact) mass is 404 g/mol. The number of halogens is 3. The topological polar surface area (TPSA) is 55.8 Å². The predicted molar refractivity (Wildman–Crippen MR) is 34.7 cm³/mol. The molecule has 0 aromatic rings. The molecule has 0 aliphatic heterocycles. The fourth-order valence-corrected chi connectivity index (χ4v) is 4.54. The van der Waals surface area contributed by atoms with Crippen LogP contribution in [-0.2, 0) is 37.4 Å². The molecule has 0 aromatic carbocycles. The molecule has 0 heterocycles. The van der Waals surface area contributed by atoms with Gasteiger partial charge in [0, 0.05) is 0 Å². The van der Waals surface area contributed by atoms with Gasteiger partial charge < -0.3 is 0 Å². The van der Waals surface area contributed by atoms with Gasteiger partial charge in [-0.3, -0.25) is 0 Å². The fraction of sp³-hybridized carbons (Fsp3) is 0.833. The van der Waals surface area contributed by atoms with E-state index in [1.54, 1.807) is 0 Å². The van der Waals surface area contributed by atoms with Crippen molar-refractivity contribution in [3.8, 4) is 0 Å². The van der Waals surface area contributed by atoms with Crippen LogP contribution in [0.1, 0.15) is 13.8 Å². The summed E-state index contributed by atoms with van der Waals surface area (Å²) < 4.78 is 39.2. The predicted octanol–water partition coefficient (Wildman–Crippen LogP) is 1.78. The zero-order valence-corrected chi connectivity index (χ0v) is 13.2. The van der Waals surface area contributed by atoms with Crippen LogP contribution in [0.4, 0.5) is 13.2 Å². The molecule has 0 fully saturated rings. The van der Waals surface area contributed by atoms with Crippen molar-refractivity contribution in [3.05, 3.63) is 0 Å². The van der Waals surface area contributed by atoms with Crippen molar-refractivity contribution in [1.82, 2.24) is 0 Å². The summed E-state index contributed by atoms with van der Waals surface area (Å²) in [4.78, 5) is 14.2. The minimum atomic E-state index is -4.93. The summed E-state index contributed by atoms with van der Waals surface area (Å²) >= 11 is -2.42. The van der Waals surface area contributed by atoms with Gasteiger partial charge in [-0.05, 0) is 0 Å². The maximum atomic E-state index is 11.6. The van der Waals surface area contributed by atoms with Gasteiger partial charge in [-0.2, -0.15) is 0 Å². The Morgan fingerprint density at radius 2 is 1.93 bits per heavy atom. The number of hydrogen-bond acceptors (Lipinski definition) is 4. The Bertz CT molecular complexity index is 204. The molecule has 1 N–H and O–H groups in total. The second-order valence-electron chi connectivity index (χ2n) is 3.23. The van der Waals surface area contributed by atoms with Crippen LogP contribution in [0.25, 0.3) is 0 Å². The van der Waals surface area contributed by atoms with E-state index in [1.807, 2.05) is 0 Å². The zero-order valence-electron chi connectivity index (χ0n) is 7.72. The van der Waals surface area contributed by atoms with Gasteiger partial charge in [-0.25, -0.2) is 0 Å². The summed E-state index contributed by atoms with van der Waals surface area (Å²) in [5.74, 6) is -2.15. The van der Waals surface area contributed by atoms with Crippen LogP contribution in [0, 0.1) is 0 Å². The van der Waals surface area contributed by atoms with Crippen molar-refractivity contribution in [2.45, 2.75) is 29.6 Å². The molecule has 0 radical (unpaired) electrons. The molecule has 0 saturated heterocycles. The molecule has 0 rings (SSSR count). The van der Waals surface area contributed by atoms with Gasteiger partial charge >= 0.3 is 91.3 Å². The summed E-state index contributed by atoms with van der Waals surface area (Å²) in [7, 11) is 0. The van der Waals surface area contributed by atoms with E-state index < -0.39 is 42.8 Å². The SMILES string of the molecule is CC(C)([CH2][Hg][O]C(=O)C(F)(F)F)OO. The Labute approximate surface area is 91.4 Å². The van der Waals surface area contributed by atoms with Crippen LogP contribution >= 0.6 is 0 Å². The van der Waals surface area contributed by atoms with E-state index in [4.69, 9.17) is 5.26 Å². The molecule has 0 unspecified atom stereocenters. The Morgan fingerprint density at radius 1 is 1.43 bits per heavy atom. The number of carbonyl (C=O) groups is 1. The molecule has 0 aliphatic carbocycles. The Balaban J connectivity index is 3.82. The summed E-state index contributed by atoms with van der Waals surface area (Å²) in [6.07, 6.45) is -4.93. The van der Waals surface area contributed by atoms with Gasteiger partial charge in [0.25, 0.3) is 0 Å². The summed E-state index contributed by atoms with van der Waals surface area (Å²) in [6.45, 7) is 2.99. The Hall–Kier alpha value is 0.115. The van der Waals surface area contributed by atoms with Gasteiger partial charge in [-0.1, -0.05) is 0 Å². The van der Waals surface area contributed by atoms with E-state index in [-0.39, 0.29) is 3.93 Å². The molecule has 0 atom stereocenters. The van der Waals surface area contributed by atoms with Crippen LogP contribution in [0.15, 0.2) is 0 Å². The number of hydrogen-bond donors (Lipinski definition) is 1. The van der Waals surface area contributed by atoms with Crippen molar-refractivity contribution >= 4 is 5.97 Å². The first-order chi connectivity index (χ1) is 6.19. The van der Waals surface area contributed by atoms with Crippen LogP contribution < -0.4 is 0 Å². The molecule has 80 valence electrons. The van der Waals surface area contributed by atoms with Crippen molar-refractivity contribution in [1.29, 1.82) is 0 Å². The van der Waals surface area contributed by atoms with E-state index in [0.29, 0.717) is 0 Å². The van der Waals surface area contributed by atoms with Gasteiger partial charge in [0.2, 0.25) is 0 Å². The molecular weight excluding hydrogens is 394 g/mol. The van der Waals surface area contributed by atoms with E-state index in [1.165, 1.54) is 13.8 Å². The van der Waals surface area contributed by atoms with Crippen LogP contribution in [0.3, 0.4) is 0 Å². The molecule has 0 aromatic heterocycles. The molecule has 0 spiro atoms. The molecule has 0 bridgehead atoms. The molecule has 8 heteroatoms. The Morgan fingerprint density at radius 3 is 2.29 bits per heavy atom.